The van der Waals surface area contributed by atoms with E-state index in [0.29, 0.717) is 48.5 Å². The van der Waals surface area contributed by atoms with E-state index in [-0.39, 0.29) is 0 Å². The van der Waals surface area contributed by atoms with Crippen LogP contribution in [0.15, 0.2) is 48.5 Å². The summed E-state index contributed by atoms with van der Waals surface area (Å²) in [6.07, 6.45) is -6.22. The van der Waals surface area contributed by atoms with Crippen LogP contribution in [-0.4, -0.2) is 12.1 Å². The van der Waals surface area contributed by atoms with Crippen LogP contribution >= 0.6 is 0 Å². The van der Waals surface area contributed by atoms with Gasteiger partial charge < -0.3 is 0 Å². The van der Waals surface area contributed by atoms with Crippen LogP contribution in [-0.2, 0) is 5.67 Å². The van der Waals surface area contributed by atoms with E-state index >= 15 is 4.39 Å². The Labute approximate surface area is 125 Å². The number of hydrogen-bond acceptors (Lipinski definition) is 0. The van der Waals surface area contributed by atoms with Gasteiger partial charge in [-0.05, 0) is 24.3 Å². The van der Waals surface area contributed by atoms with Gasteiger partial charge in [0.1, 0.15) is 11.6 Å². The van der Waals surface area contributed by atoms with Crippen LogP contribution in [0.25, 0.3) is 0 Å². The van der Waals surface area contributed by atoms with E-state index in [1.165, 1.54) is 0 Å². The van der Waals surface area contributed by atoms with Gasteiger partial charge in [-0.15, -0.1) is 0 Å². The van der Waals surface area contributed by atoms with Crippen molar-refractivity contribution < 1.29 is 35.1 Å². The standard InChI is InChI=1S/C15H8F8/c16-11-5-1-9(2-6-11)13(18,14(19,20)15(21,22)23)10-3-7-12(17)8-4-10/h1-8H. The molecule has 0 aliphatic rings. The highest BCUT2D eigenvalue weighted by molar-refractivity contribution is 5.40. The SMILES string of the molecule is Fc1ccc(C(F)(c2ccc(F)cc2)C(F)(F)C(F)(F)F)cc1. The summed E-state index contributed by atoms with van der Waals surface area (Å²) in [6, 6.07) is 4.16. The Hall–Kier alpha value is -2.12. The summed E-state index contributed by atoms with van der Waals surface area (Å²) in [4.78, 5) is 0. The lowest BCUT2D eigenvalue weighted by Gasteiger charge is -2.35. The van der Waals surface area contributed by atoms with E-state index in [4.69, 9.17) is 0 Å². The molecule has 0 saturated carbocycles. The second kappa shape index (κ2) is 5.50. The predicted octanol–water partition coefficient (Wildman–Crippen LogP) is 5.38. The molecule has 124 valence electrons. The van der Waals surface area contributed by atoms with Crippen molar-refractivity contribution in [1.29, 1.82) is 0 Å². The Bertz CT molecular complexity index is 625. The normalized spacial score (nSPS) is 13.2. The van der Waals surface area contributed by atoms with Gasteiger partial charge in [-0.25, -0.2) is 13.2 Å². The maximum absolute atomic E-state index is 15.1. The van der Waals surface area contributed by atoms with Gasteiger partial charge in [-0.3, -0.25) is 0 Å². The molecule has 2 aromatic rings. The van der Waals surface area contributed by atoms with Crippen molar-refractivity contribution in [1.82, 2.24) is 0 Å². The molecule has 2 aromatic carbocycles. The van der Waals surface area contributed by atoms with Crippen molar-refractivity contribution in [2.45, 2.75) is 17.8 Å². The summed E-state index contributed by atoms with van der Waals surface area (Å²) in [5, 5.41) is 0. The van der Waals surface area contributed by atoms with Gasteiger partial charge in [0.2, 0.25) is 5.67 Å². The molecular formula is C15H8F8. The van der Waals surface area contributed by atoms with Crippen LogP contribution in [0, 0.1) is 11.6 Å². The van der Waals surface area contributed by atoms with Crippen molar-refractivity contribution in [3.05, 3.63) is 71.3 Å². The molecular weight excluding hydrogens is 332 g/mol. The molecule has 0 fully saturated rings. The number of alkyl halides is 6. The highest BCUT2D eigenvalue weighted by atomic mass is 19.4. The van der Waals surface area contributed by atoms with E-state index in [1.807, 2.05) is 0 Å². The largest absolute Gasteiger partial charge is 0.457 e. The molecule has 8 heteroatoms. The Morgan fingerprint density at radius 3 is 1.09 bits per heavy atom. The van der Waals surface area contributed by atoms with Crippen LogP contribution < -0.4 is 0 Å². The first-order valence-electron chi connectivity index (χ1n) is 6.15. The van der Waals surface area contributed by atoms with Gasteiger partial charge in [0.15, 0.2) is 0 Å². The van der Waals surface area contributed by atoms with Crippen LogP contribution in [0.2, 0.25) is 0 Å². The topological polar surface area (TPSA) is 0 Å². The Balaban J connectivity index is 2.73. The minimum Gasteiger partial charge on any atom is -0.226 e. The molecule has 0 unspecified atom stereocenters. The third-order valence-corrected chi connectivity index (χ3v) is 3.27. The summed E-state index contributed by atoms with van der Waals surface area (Å²) in [6.45, 7) is 0. The monoisotopic (exact) mass is 340 g/mol. The second-order valence-corrected chi connectivity index (χ2v) is 4.74. The van der Waals surface area contributed by atoms with Crippen LogP contribution in [0.3, 0.4) is 0 Å². The minimum atomic E-state index is -6.22. The van der Waals surface area contributed by atoms with Gasteiger partial charge in [0.05, 0.1) is 0 Å². The van der Waals surface area contributed by atoms with E-state index in [2.05, 4.69) is 0 Å². The Morgan fingerprint density at radius 2 is 0.826 bits per heavy atom. The smallest absolute Gasteiger partial charge is 0.226 e. The number of rotatable bonds is 3. The molecule has 0 N–H and O–H groups in total. The fourth-order valence-electron chi connectivity index (χ4n) is 2.08. The first-order chi connectivity index (χ1) is 10.5. The quantitative estimate of drug-likeness (QED) is 0.659. The Morgan fingerprint density at radius 1 is 0.522 bits per heavy atom. The average molecular weight is 340 g/mol. The highest BCUT2D eigenvalue weighted by Gasteiger charge is 2.72. The summed E-state index contributed by atoms with van der Waals surface area (Å²) < 4.78 is 107. The molecule has 0 heterocycles. The van der Waals surface area contributed by atoms with Crippen molar-refractivity contribution in [3.8, 4) is 0 Å². The van der Waals surface area contributed by atoms with Gasteiger partial charge in [0.25, 0.3) is 0 Å². The lowest BCUT2D eigenvalue weighted by molar-refractivity contribution is -0.323. The summed E-state index contributed by atoms with van der Waals surface area (Å²) in [7, 11) is 0. The van der Waals surface area contributed by atoms with E-state index < -0.39 is 40.5 Å². The zero-order valence-corrected chi connectivity index (χ0v) is 11.1. The van der Waals surface area contributed by atoms with Gasteiger partial charge in [-0.2, -0.15) is 22.0 Å². The fourth-order valence-corrected chi connectivity index (χ4v) is 2.08. The van der Waals surface area contributed by atoms with Crippen molar-refractivity contribution in [2.24, 2.45) is 0 Å². The molecule has 0 aliphatic heterocycles. The summed E-state index contributed by atoms with van der Waals surface area (Å²) >= 11 is 0. The van der Waals surface area contributed by atoms with Crippen molar-refractivity contribution >= 4 is 0 Å². The second-order valence-electron chi connectivity index (χ2n) is 4.74. The first-order valence-corrected chi connectivity index (χ1v) is 6.15. The molecule has 0 radical (unpaired) electrons. The number of halogens is 8. The molecule has 0 aromatic heterocycles. The molecule has 0 nitrogen and oxygen atoms in total. The van der Waals surface area contributed by atoms with Crippen molar-refractivity contribution in [3.63, 3.8) is 0 Å². The molecule has 2 rings (SSSR count). The molecule has 0 spiro atoms. The maximum Gasteiger partial charge on any atom is 0.457 e. The molecule has 0 atom stereocenters. The third-order valence-electron chi connectivity index (χ3n) is 3.27. The van der Waals surface area contributed by atoms with E-state index in [9.17, 15) is 30.7 Å². The van der Waals surface area contributed by atoms with Gasteiger partial charge >= 0.3 is 12.1 Å². The average Bonchev–Trinajstić information content (AvgIpc) is 2.46. The third kappa shape index (κ3) is 2.77. The molecule has 0 amide bonds. The lowest BCUT2D eigenvalue weighted by atomic mass is 9.82. The highest BCUT2D eigenvalue weighted by Crippen LogP contribution is 2.54. The lowest BCUT2D eigenvalue weighted by Crippen LogP contribution is -2.53. The number of hydrogen-bond donors (Lipinski definition) is 0. The van der Waals surface area contributed by atoms with Crippen LogP contribution in [0.1, 0.15) is 11.1 Å². The zero-order chi connectivity index (χ0) is 17.5. The van der Waals surface area contributed by atoms with E-state index in [1.54, 1.807) is 0 Å². The summed E-state index contributed by atoms with van der Waals surface area (Å²) in [5.74, 6) is -7.70. The maximum atomic E-state index is 15.1. The number of benzene rings is 2. The first kappa shape index (κ1) is 17.2. The van der Waals surface area contributed by atoms with Crippen LogP contribution in [0.5, 0.6) is 0 Å². The van der Waals surface area contributed by atoms with E-state index in [0.717, 1.165) is 0 Å². The van der Waals surface area contributed by atoms with Gasteiger partial charge in [0, 0.05) is 11.1 Å². The van der Waals surface area contributed by atoms with Crippen LogP contribution in [0.4, 0.5) is 35.1 Å². The molecule has 0 saturated heterocycles. The van der Waals surface area contributed by atoms with Gasteiger partial charge in [-0.1, -0.05) is 24.3 Å². The summed E-state index contributed by atoms with van der Waals surface area (Å²) in [5.41, 5.74) is -6.55. The minimum absolute atomic E-state index is 0.484. The zero-order valence-electron chi connectivity index (χ0n) is 11.1. The predicted molar refractivity (Wildman–Crippen MR) is 65.7 cm³/mol. The molecule has 0 aliphatic carbocycles. The fraction of sp³-hybridized carbons (Fsp3) is 0.200. The van der Waals surface area contributed by atoms with Crippen molar-refractivity contribution in [2.75, 3.05) is 0 Å². The Kier molecular flexibility index (Phi) is 4.13. The molecule has 0 bridgehead atoms. The molecule has 23 heavy (non-hydrogen) atoms.